The number of halogens is 3. The number of carbonyl (C=O) groups excluding carboxylic acids is 1. The number of benzene rings is 4. The number of cyclic esters (lactones) is 1. The summed E-state index contributed by atoms with van der Waals surface area (Å²) in [6, 6.07) is 23.6. The molecule has 11 heteroatoms. The van der Waals surface area contributed by atoms with E-state index in [4.69, 9.17) is 13.9 Å². The first-order chi connectivity index (χ1) is 22.2. The molecular formula is C36H32F3NO6S. The van der Waals surface area contributed by atoms with E-state index < -0.39 is 33.9 Å². The van der Waals surface area contributed by atoms with Gasteiger partial charge in [-0.25, -0.2) is 8.42 Å². The molecule has 2 heterocycles. The fraction of sp³-hybridized carbons (Fsp3) is 0.250. The summed E-state index contributed by atoms with van der Waals surface area (Å²) in [4.78, 5) is 12.5. The van der Waals surface area contributed by atoms with E-state index in [0.29, 0.717) is 27.6 Å². The van der Waals surface area contributed by atoms with Crippen LogP contribution in [0.5, 0.6) is 5.75 Å². The van der Waals surface area contributed by atoms with E-state index in [1.807, 2.05) is 44.2 Å². The topological polar surface area (TPSA) is 86.1 Å². The lowest BCUT2D eigenvalue weighted by molar-refractivity contribution is -0.153. The van der Waals surface area contributed by atoms with Crippen LogP contribution in [0.1, 0.15) is 47.6 Å². The normalized spacial score (nSPS) is 14.7. The Balaban J connectivity index is 1.41. The van der Waals surface area contributed by atoms with Crippen LogP contribution in [0.4, 0.5) is 13.2 Å². The highest BCUT2D eigenvalue weighted by Crippen LogP contribution is 2.38. The molecular weight excluding hydrogens is 631 g/mol. The first-order valence-corrected chi connectivity index (χ1v) is 16.3. The molecule has 0 saturated heterocycles. The predicted molar refractivity (Wildman–Crippen MR) is 170 cm³/mol. The highest BCUT2D eigenvalue weighted by molar-refractivity contribution is 7.89. The van der Waals surface area contributed by atoms with Crippen LogP contribution in [0.3, 0.4) is 0 Å². The molecule has 0 bridgehead atoms. The van der Waals surface area contributed by atoms with Crippen molar-refractivity contribution in [3.05, 3.63) is 119 Å². The number of hydrogen-bond acceptors (Lipinski definition) is 6. The number of sulfonamides is 1. The molecule has 5 aromatic rings. The number of furan rings is 1. The molecule has 0 atom stereocenters. The van der Waals surface area contributed by atoms with Gasteiger partial charge in [-0.3, -0.25) is 4.79 Å². The molecule has 7 nitrogen and oxygen atoms in total. The van der Waals surface area contributed by atoms with Crippen molar-refractivity contribution in [2.24, 2.45) is 0 Å². The van der Waals surface area contributed by atoms with Gasteiger partial charge in [0.2, 0.25) is 15.8 Å². The van der Waals surface area contributed by atoms with E-state index in [1.165, 1.54) is 7.11 Å². The minimum Gasteiger partial charge on any atom is -0.496 e. The number of aryl methyl sites for hydroxylation is 1. The summed E-state index contributed by atoms with van der Waals surface area (Å²) in [6.45, 7) is 4.82. The second kappa shape index (κ2) is 11.9. The number of hydrogen-bond donors (Lipinski definition) is 0. The molecule has 1 aliphatic rings. The van der Waals surface area contributed by atoms with Crippen molar-refractivity contribution in [3.8, 4) is 16.9 Å². The van der Waals surface area contributed by atoms with Crippen LogP contribution in [0.15, 0.2) is 94.2 Å². The molecule has 0 spiro atoms. The van der Waals surface area contributed by atoms with Crippen molar-refractivity contribution in [1.82, 2.24) is 4.31 Å². The Hall–Kier alpha value is -4.61. The lowest BCUT2D eigenvalue weighted by Gasteiger charge is -2.31. The Kier molecular flexibility index (Phi) is 8.17. The third-order valence-corrected chi connectivity index (χ3v) is 10.6. The maximum absolute atomic E-state index is 14.5. The monoisotopic (exact) mass is 663 g/mol. The molecule has 4 aromatic carbocycles. The molecule has 244 valence electrons. The Morgan fingerprint density at radius 1 is 0.915 bits per heavy atom. The van der Waals surface area contributed by atoms with E-state index in [0.717, 1.165) is 38.7 Å². The average molecular weight is 664 g/mol. The van der Waals surface area contributed by atoms with Crippen molar-refractivity contribution in [1.29, 1.82) is 0 Å². The second-order valence-corrected chi connectivity index (χ2v) is 13.9. The van der Waals surface area contributed by atoms with Gasteiger partial charge in [-0.1, -0.05) is 60.7 Å². The molecule has 1 aliphatic heterocycles. The van der Waals surface area contributed by atoms with Crippen LogP contribution in [0.2, 0.25) is 0 Å². The number of rotatable bonds is 8. The third-order valence-electron chi connectivity index (χ3n) is 8.57. The Labute approximate surface area is 270 Å². The van der Waals surface area contributed by atoms with Crippen LogP contribution < -0.4 is 4.74 Å². The quantitative estimate of drug-likeness (QED) is 0.156. The number of carbonyl (C=O) groups is 1. The summed E-state index contributed by atoms with van der Waals surface area (Å²) in [5, 5.41) is 1.20. The zero-order chi connectivity index (χ0) is 33.7. The number of nitrogens with zero attached hydrogens (tertiary/aromatic N) is 1. The van der Waals surface area contributed by atoms with Gasteiger partial charge in [-0.05, 0) is 78.2 Å². The lowest BCUT2D eigenvalue weighted by atomic mass is 9.79. The molecule has 0 radical (unpaired) electrons. The van der Waals surface area contributed by atoms with Crippen LogP contribution >= 0.6 is 0 Å². The highest BCUT2D eigenvalue weighted by Gasteiger charge is 2.38. The van der Waals surface area contributed by atoms with Crippen molar-refractivity contribution < 1.29 is 40.3 Å². The van der Waals surface area contributed by atoms with Gasteiger partial charge in [0.05, 0.1) is 24.0 Å². The molecule has 0 fully saturated rings. The zero-order valence-corrected chi connectivity index (χ0v) is 27.0. The molecule has 0 amide bonds. The van der Waals surface area contributed by atoms with E-state index >= 15 is 0 Å². The Morgan fingerprint density at radius 3 is 2.36 bits per heavy atom. The largest absolute Gasteiger partial charge is 0.496 e. The summed E-state index contributed by atoms with van der Waals surface area (Å²) in [7, 11) is -2.84. The molecule has 1 aromatic heterocycles. The fourth-order valence-corrected chi connectivity index (χ4v) is 7.78. The van der Waals surface area contributed by atoms with E-state index in [-0.39, 0.29) is 29.8 Å². The fourth-order valence-electron chi connectivity index (χ4n) is 5.98. The van der Waals surface area contributed by atoms with Gasteiger partial charge in [0, 0.05) is 17.5 Å². The summed E-state index contributed by atoms with van der Waals surface area (Å²) in [5.41, 5.74) is 3.51. The van der Waals surface area contributed by atoms with Gasteiger partial charge in [-0.2, -0.15) is 17.5 Å². The number of esters is 1. The van der Waals surface area contributed by atoms with Crippen LogP contribution in [0.25, 0.3) is 21.9 Å². The lowest BCUT2D eigenvalue weighted by Crippen LogP contribution is -2.36. The summed E-state index contributed by atoms with van der Waals surface area (Å²) in [6.07, 6.45) is -4.72. The summed E-state index contributed by atoms with van der Waals surface area (Å²) in [5.74, 6) is -1.31. The number of methoxy groups -OCH3 is 1. The maximum atomic E-state index is 14.5. The number of ether oxygens (including phenoxy) is 2. The first-order valence-electron chi connectivity index (χ1n) is 14.8. The van der Waals surface area contributed by atoms with Gasteiger partial charge in [0.15, 0.2) is 0 Å². The average Bonchev–Trinajstić information content (AvgIpc) is 3.52. The van der Waals surface area contributed by atoms with Gasteiger partial charge >= 0.3 is 12.1 Å². The molecule has 0 aliphatic carbocycles. The van der Waals surface area contributed by atoms with Crippen molar-refractivity contribution in [3.63, 3.8) is 0 Å². The van der Waals surface area contributed by atoms with Gasteiger partial charge in [-0.15, -0.1) is 0 Å². The van der Waals surface area contributed by atoms with E-state index in [1.54, 1.807) is 49.4 Å². The van der Waals surface area contributed by atoms with Crippen molar-refractivity contribution >= 4 is 26.8 Å². The molecule has 47 heavy (non-hydrogen) atoms. The van der Waals surface area contributed by atoms with E-state index in [9.17, 15) is 26.4 Å². The van der Waals surface area contributed by atoms with Crippen molar-refractivity contribution in [2.45, 2.75) is 57.0 Å². The molecule has 0 unspecified atom stereocenters. The van der Waals surface area contributed by atoms with Crippen molar-refractivity contribution in [2.75, 3.05) is 7.11 Å². The zero-order valence-electron chi connectivity index (χ0n) is 26.1. The summed E-state index contributed by atoms with van der Waals surface area (Å²) < 4.78 is 86.3. The minimum atomic E-state index is -4.72. The van der Waals surface area contributed by atoms with E-state index in [2.05, 4.69) is 0 Å². The van der Waals surface area contributed by atoms with Gasteiger partial charge < -0.3 is 13.9 Å². The second-order valence-electron chi connectivity index (χ2n) is 12.1. The molecule has 6 rings (SSSR count). The smallest absolute Gasteiger partial charge is 0.449 e. The van der Waals surface area contributed by atoms with Crippen LogP contribution in [0, 0.1) is 6.92 Å². The van der Waals surface area contributed by atoms with Crippen LogP contribution in [-0.2, 0) is 50.8 Å². The SMILES string of the molecule is COc1cc(-c2ccc3c(c2)C(C)(C)C(=O)OC3)ccc1CN(Cc1ccc(C(F)(F)F)o1)S(=O)(=O)c1c(C)ccc2ccccc12. The standard InChI is InChI=1S/C36H32F3NO6S/c1-22-9-10-23-7-5-6-8-29(23)33(22)47(42,43)40(20-28-15-16-32(46-28)36(37,38)39)19-26-13-11-25(18-31(26)44-4)24-12-14-27-21-45-34(41)35(2,3)30(27)17-24/h5-18H,19-21H2,1-4H3. The minimum absolute atomic E-state index is 0.0592. The van der Waals surface area contributed by atoms with Crippen LogP contribution in [-0.4, -0.2) is 25.8 Å². The van der Waals surface area contributed by atoms with Gasteiger partial charge in [0.1, 0.15) is 18.1 Å². The molecule has 0 saturated carbocycles. The number of fused-ring (bicyclic) bond motifs is 2. The predicted octanol–water partition coefficient (Wildman–Crippen LogP) is 8.16. The summed E-state index contributed by atoms with van der Waals surface area (Å²) >= 11 is 0. The Bertz CT molecular complexity index is 2120. The highest BCUT2D eigenvalue weighted by atomic mass is 32.2. The third kappa shape index (κ3) is 6.01. The molecule has 0 N–H and O–H groups in total. The van der Waals surface area contributed by atoms with Gasteiger partial charge in [0.25, 0.3) is 0 Å². The maximum Gasteiger partial charge on any atom is 0.449 e. The number of alkyl halides is 3. The first kappa shape index (κ1) is 32.3. The Morgan fingerprint density at radius 2 is 1.64 bits per heavy atom.